The zero-order valence-corrected chi connectivity index (χ0v) is 14.9. The van der Waals surface area contributed by atoms with E-state index in [0.29, 0.717) is 36.8 Å². The summed E-state index contributed by atoms with van der Waals surface area (Å²) in [5.74, 6) is 0. The van der Waals surface area contributed by atoms with E-state index in [4.69, 9.17) is 10.5 Å². The molecule has 1 aliphatic rings. The Hall–Kier alpha value is -0.470. The highest BCUT2D eigenvalue weighted by Gasteiger charge is 2.40. The lowest BCUT2D eigenvalue weighted by Crippen LogP contribution is -2.55. The lowest BCUT2D eigenvalue weighted by molar-refractivity contribution is -0.00772. The van der Waals surface area contributed by atoms with Gasteiger partial charge in [-0.25, -0.2) is 8.42 Å². The van der Waals surface area contributed by atoms with Gasteiger partial charge in [0.25, 0.3) is 0 Å². The fraction of sp³-hybridized carbons (Fsp3) is 0.571. The Kier molecular flexibility index (Phi) is 4.80. The van der Waals surface area contributed by atoms with Crippen molar-refractivity contribution in [2.24, 2.45) is 5.73 Å². The van der Waals surface area contributed by atoms with E-state index in [1.165, 1.54) is 4.31 Å². The molecule has 2 rings (SSSR count). The van der Waals surface area contributed by atoms with E-state index < -0.39 is 15.6 Å². The normalized spacial score (nSPS) is 19.7. The predicted molar refractivity (Wildman–Crippen MR) is 85.6 cm³/mol. The molecule has 0 spiro atoms. The minimum atomic E-state index is -3.59. The Balaban J connectivity index is 2.56. The van der Waals surface area contributed by atoms with Crippen molar-refractivity contribution in [1.29, 1.82) is 0 Å². The van der Waals surface area contributed by atoms with Gasteiger partial charge in [-0.15, -0.1) is 0 Å². The maximum Gasteiger partial charge on any atom is 0.244 e. The van der Waals surface area contributed by atoms with Crippen molar-refractivity contribution < 1.29 is 13.2 Å². The first-order valence-electron chi connectivity index (χ1n) is 6.80. The van der Waals surface area contributed by atoms with Crippen molar-refractivity contribution in [2.45, 2.75) is 37.8 Å². The van der Waals surface area contributed by atoms with Crippen LogP contribution in [-0.2, 0) is 21.3 Å². The Morgan fingerprint density at radius 1 is 1.43 bits per heavy atom. The van der Waals surface area contributed by atoms with Crippen LogP contribution in [0.3, 0.4) is 0 Å². The van der Waals surface area contributed by atoms with Gasteiger partial charge in [-0.1, -0.05) is 15.9 Å². The molecule has 2 N–H and O–H groups in total. The van der Waals surface area contributed by atoms with Crippen LogP contribution >= 0.6 is 15.9 Å². The molecule has 118 valence electrons. The molecule has 0 atom stereocenters. The first kappa shape index (κ1) is 16.9. The number of morpholine rings is 1. The van der Waals surface area contributed by atoms with E-state index >= 15 is 0 Å². The van der Waals surface area contributed by atoms with E-state index in [0.717, 1.165) is 10.0 Å². The van der Waals surface area contributed by atoms with Gasteiger partial charge in [0.05, 0.1) is 23.6 Å². The number of sulfonamides is 1. The monoisotopic (exact) mass is 376 g/mol. The van der Waals surface area contributed by atoms with Crippen molar-refractivity contribution in [2.75, 3.05) is 19.8 Å². The van der Waals surface area contributed by atoms with Crippen LogP contribution in [0, 0.1) is 6.92 Å². The zero-order valence-electron chi connectivity index (χ0n) is 12.5. The smallest absolute Gasteiger partial charge is 0.244 e. The molecule has 0 unspecified atom stereocenters. The van der Waals surface area contributed by atoms with Gasteiger partial charge in [0.2, 0.25) is 10.0 Å². The number of ether oxygens (including phenoxy) is 1. The van der Waals surface area contributed by atoms with Gasteiger partial charge < -0.3 is 10.5 Å². The Labute approximate surface area is 134 Å². The minimum absolute atomic E-state index is 0.300. The molecule has 21 heavy (non-hydrogen) atoms. The van der Waals surface area contributed by atoms with Gasteiger partial charge in [0, 0.05) is 17.6 Å². The Morgan fingerprint density at radius 2 is 2.10 bits per heavy atom. The quantitative estimate of drug-likeness (QED) is 0.875. The Bertz CT molecular complexity index is 644. The van der Waals surface area contributed by atoms with Crippen molar-refractivity contribution in [3.05, 3.63) is 27.7 Å². The summed E-state index contributed by atoms with van der Waals surface area (Å²) in [7, 11) is -3.59. The lowest BCUT2D eigenvalue weighted by Gasteiger charge is -2.41. The number of benzene rings is 1. The van der Waals surface area contributed by atoms with E-state index in [1.807, 2.05) is 19.9 Å². The molecule has 0 aromatic heterocycles. The second kappa shape index (κ2) is 5.96. The molecule has 0 aliphatic carbocycles. The summed E-state index contributed by atoms with van der Waals surface area (Å²) in [6.45, 7) is 7.02. The number of nitrogens with two attached hydrogens (primary N) is 1. The average molecular weight is 377 g/mol. The molecular weight excluding hydrogens is 356 g/mol. The zero-order chi connectivity index (χ0) is 15.8. The number of halogens is 1. The van der Waals surface area contributed by atoms with E-state index in [2.05, 4.69) is 15.9 Å². The first-order valence-corrected chi connectivity index (χ1v) is 9.03. The van der Waals surface area contributed by atoms with Gasteiger partial charge in [0.15, 0.2) is 0 Å². The van der Waals surface area contributed by atoms with Crippen LogP contribution in [0.5, 0.6) is 0 Å². The van der Waals surface area contributed by atoms with E-state index in [-0.39, 0.29) is 0 Å². The third-order valence-electron chi connectivity index (χ3n) is 3.73. The van der Waals surface area contributed by atoms with Crippen molar-refractivity contribution in [3.63, 3.8) is 0 Å². The highest BCUT2D eigenvalue weighted by molar-refractivity contribution is 9.10. The van der Waals surface area contributed by atoms with Crippen LogP contribution in [0.4, 0.5) is 0 Å². The van der Waals surface area contributed by atoms with Gasteiger partial charge in [-0.3, -0.25) is 0 Å². The summed E-state index contributed by atoms with van der Waals surface area (Å²) in [5, 5.41) is 0. The van der Waals surface area contributed by atoms with Crippen molar-refractivity contribution in [3.8, 4) is 0 Å². The van der Waals surface area contributed by atoms with Crippen LogP contribution in [0.1, 0.15) is 25.0 Å². The summed E-state index contributed by atoms with van der Waals surface area (Å²) in [5.41, 5.74) is 6.59. The van der Waals surface area contributed by atoms with Crippen LogP contribution in [-0.4, -0.2) is 38.0 Å². The Morgan fingerprint density at radius 3 is 2.67 bits per heavy atom. The van der Waals surface area contributed by atoms with Crippen LogP contribution in [0.2, 0.25) is 0 Å². The van der Waals surface area contributed by atoms with Crippen molar-refractivity contribution in [1.82, 2.24) is 4.31 Å². The fourth-order valence-electron chi connectivity index (χ4n) is 2.50. The molecule has 1 saturated heterocycles. The molecule has 1 fully saturated rings. The molecule has 1 aliphatic heterocycles. The second-order valence-corrected chi connectivity index (χ2v) is 8.53. The van der Waals surface area contributed by atoms with Crippen molar-refractivity contribution >= 4 is 26.0 Å². The molecule has 5 nitrogen and oxygen atoms in total. The molecule has 1 heterocycles. The molecular formula is C14H21BrN2O3S. The number of rotatable bonds is 3. The molecule has 0 saturated carbocycles. The average Bonchev–Trinajstić information content (AvgIpc) is 2.40. The number of hydrogen-bond acceptors (Lipinski definition) is 4. The standard InChI is InChI=1S/C14H21BrN2O3S/c1-10-12(15)6-11(8-16)7-13(10)21(18,19)17-4-5-20-9-14(17,2)3/h6-7H,4-5,8-9,16H2,1-3H3. The summed E-state index contributed by atoms with van der Waals surface area (Å²) < 4.78 is 33.8. The van der Waals surface area contributed by atoms with E-state index in [9.17, 15) is 8.42 Å². The molecule has 0 amide bonds. The molecule has 1 aromatic carbocycles. The maximum atomic E-state index is 13.1. The fourth-order valence-corrected chi connectivity index (χ4v) is 5.19. The highest BCUT2D eigenvalue weighted by atomic mass is 79.9. The lowest BCUT2D eigenvalue weighted by atomic mass is 10.1. The molecule has 7 heteroatoms. The third-order valence-corrected chi connectivity index (χ3v) is 6.79. The maximum absolute atomic E-state index is 13.1. The predicted octanol–water partition coefficient (Wildman–Crippen LogP) is 2.02. The summed E-state index contributed by atoms with van der Waals surface area (Å²) in [4.78, 5) is 0.312. The minimum Gasteiger partial charge on any atom is -0.378 e. The third kappa shape index (κ3) is 3.17. The van der Waals surface area contributed by atoms with Crippen LogP contribution in [0.25, 0.3) is 0 Å². The summed E-state index contributed by atoms with van der Waals surface area (Å²) in [6.07, 6.45) is 0. The number of hydrogen-bond donors (Lipinski definition) is 1. The first-order chi connectivity index (χ1) is 9.70. The van der Waals surface area contributed by atoms with Crippen LogP contribution in [0.15, 0.2) is 21.5 Å². The molecule has 1 aromatic rings. The highest BCUT2D eigenvalue weighted by Crippen LogP contribution is 2.32. The van der Waals surface area contributed by atoms with Gasteiger partial charge >= 0.3 is 0 Å². The largest absolute Gasteiger partial charge is 0.378 e. The van der Waals surface area contributed by atoms with Crippen LogP contribution < -0.4 is 5.73 Å². The van der Waals surface area contributed by atoms with E-state index in [1.54, 1.807) is 13.0 Å². The SMILES string of the molecule is Cc1c(Br)cc(CN)cc1S(=O)(=O)N1CCOCC1(C)C. The second-order valence-electron chi connectivity index (χ2n) is 5.85. The summed E-state index contributed by atoms with van der Waals surface area (Å²) >= 11 is 3.42. The topological polar surface area (TPSA) is 72.6 Å². The molecule has 0 radical (unpaired) electrons. The van der Waals surface area contributed by atoms with Gasteiger partial charge in [-0.05, 0) is 44.0 Å². The van der Waals surface area contributed by atoms with Gasteiger partial charge in [0.1, 0.15) is 0 Å². The van der Waals surface area contributed by atoms with Gasteiger partial charge in [-0.2, -0.15) is 4.31 Å². The molecule has 0 bridgehead atoms. The summed E-state index contributed by atoms with van der Waals surface area (Å²) in [6, 6.07) is 3.53. The number of nitrogens with zero attached hydrogens (tertiary/aromatic N) is 1.